The number of hydrogen-bond donors (Lipinski definition) is 1. The van der Waals surface area contributed by atoms with Gasteiger partial charge in [-0.25, -0.2) is 0 Å². The maximum atomic E-state index is 11.8. The van der Waals surface area contributed by atoms with Crippen LogP contribution in [0.2, 0.25) is 0 Å². The second kappa shape index (κ2) is 10.4. The minimum absolute atomic E-state index is 0.0632. The van der Waals surface area contributed by atoms with Crippen molar-refractivity contribution in [1.82, 2.24) is 5.32 Å². The standard InChI is InChI=1S/C17H27NO3/c1-4-20-12-13-21-15(3)17(19)18-11-10-14(2)16-8-6-5-7-9-16/h5-9,14-15H,4,10-13H2,1-3H3,(H,18,19). The first-order valence-electron chi connectivity index (χ1n) is 7.67. The van der Waals surface area contributed by atoms with Gasteiger partial charge in [0.15, 0.2) is 0 Å². The summed E-state index contributed by atoms with van der Waals surface area (Å²) in [5.74, 6) is 0.368. The molecule has 0 fully saturated rings. The first-order valence-corrected chi connectivity index (χ1v) is 7.67. The molecule has 0 bridgehead atoms. The number of hydrogen-bond acceptors (Lipinski definition) is 3. The van der Waals surface area contributed by atoms with E-state index in [0.717, 1.165) is 6.42 Å². The number of ether oxygens (including phenoxy) is 2. The summed E-state index contributed by atoms with van der Waals surface area (Å²) in [6, 6.07) is 10.3. The molecule has 1 aromatic carbocycles. The zero-order valence-electron chi connectivity index (χ0n) is 13.3. The van der Waals surface area contributed by atoms with Gasteiger partial charge in [0, 0.05) is 13.2 Å². The molecule has 118 valence electrons. The normalized spacial score (nSPS) is 13.7. The highest BCUT2D eigenvalue weighted by atomic mass is 16.5. The minimum Gasteiger partial charge on any atom is -0.379 e. The van der Waals surface area contributed by atoms with E-state index in [9.17, 15) is 4.79 Å². The van der Waals surface area contributed by atoms with Gasteiger partial charge in [0.25, 0.3) is 0 Å². The van der Waals surface area contributed by atoms with E-state index in [0.29, 0.717) is 32.3 Å². The SMILES string of the molecule is CCOCCOC(C)C(=O)NCCC(C)c1ccccc1. The highest BCUT2D eigenvalue weighted by molar-refractivity contribution is 5.80. The molecule has 1 amide bonds. The van der Waals surface area contributed by atoms with Crippen molar-refractivity contribution in [2.24, 2.45) is 0 Å². The fraction of sp³-hybridized carbons (Fsp3) is 0.588. The Morgan fingerprint density at radius 2 is 1.90 bits per heavy atom. The zero-order valence-corrected chi connectivity index (χ0v) is 13.3. The Morgan fingerprint density at radius 3 is 2.57 bits per heavy atom. The second-order valence-corrected chi connectivity index (χ2v) is 5.10. The van der Waals surface area contributed by atoms with Gasteiger partial charge in [0.05, 0.1) is 13.2 Å². The van der Waals surface area contributed by atoms with Crippen LogP contribution in [0.25, 0.3) is 0 Å². The molecule has 21 heavy (non-hydrogen) atoms. The molecule has 0 aliphatic rings. The topological polar surface area (TPSA) is 47.6 Å². The van der Waals surface area contributed by atoms with Crippen LogP contribution in [0, 0.1) is 0 Å². The molecule has 0 saturated carbocycles. The number of benzene rings is 1. The van der Waals surface area contributed by atoms with Gasteiger partial charge in [-0.3, -0.25) is 4.79 Å². The van der Waals surface area contributed by atoms with Gasteiger partial charge in [-0.15, -0.1) is 0 Å². The molecule has 1 aromatic rings. The van der Waals surface area contributed by atoms with Crippen LogP contribution in [0.3, 0.4) is 0 Å². The molecule has 0 aliphatic heterocycles. The first-order chi connectivity index (χ1) is 10.1. The van der Waals surface area contributed by atoms with Crippen LogP contribution in [0.15, 0.2) is 30.3 Å². The molecule has 0 aromatic heterocycles. The van der Waals surface area contributed by atoms with Crippen LogP contribution in [0.1, 0.15) is 38.7 Å². The molecule has 2 unspecified atom stereocenters. The van der Waals surface area contributed by atoms with E-state index in [-0.39, 0.29) is 5.91 Å². The van der Waals surface area contributed by atoms with E-state index in [1.165, 1.54) is 5.56 Å². The fourth-order valence-electron chi connectivity index (χ4n) is 2.01. The Bertz CT molecular complexity index is 394. The molecule has 4 nitrogen and oxygen atoms in total. The largest absolute Gasteiger partial charge is 0.379 e. The Morgan fingerprint density at radius 1 is 1.19 bits per heavy atom. The number of carbonyl (C=O) groups excluding carboxylic acids is 1. The minimum atomic E-state index is -0.433. The van der Waals surface area contributed by atoms with Crippen LogP contribution < -0.4 is 5.32 Å². The van der Waals surface area contributed by atoms with E-state index in [1.807, 2.05) is 25.1 Å². The van der Waals surface area contributed by atoms with Crippen molar-refractivity contribution in [2.45, 2.75) is 39.2 Å². The smallest absolute Gasteiger partial charge is 0.248 e. The molecule has 0 spiro atoms. The number of rotatable bonds is 10. The van der Waals surface area contributed by atoms with E-state index in [1.54, 1.807) is 6.92 Å². The van der Waals surface area contributed by atoms with Gasteiger partial charge in [-0.2, -0.15) is 0 Å². The zero-order chi connectivity index (χ0) is 15.5. The predicted molar refractivity (Wildman–Crippen MR) is 84.4 cm³/mol. The van der Waals surface area contributed by atoms with Crippen molar-refractivity contribution in [2.75, 3.05) is 26.4 Å². The molecule has 1 rings (SSSR count). The van der Waals surface area contributed by atoms with Gasteiger partial charge >= 0.3 is 0 Å². The van der Waals surface area contributed by atoms with Gasteiger partial charge in [0.1, 0.15) is 6.10 Å². The lowest BCUT2D eigenvalue weighted by Gasteiger charge is -2.15. The lowest BCUT2D eigenvalue weighted by atomic mass is 9.98. The summed E-state index contributed by atoms with van der Waals surface area (Å²) in [6.45, 7) is 8.17. The van der Waals surface area contributed by atoms with Crippen LogP contribution in [0.4, 0.5) is 0 Å². The van der Waals surface area contributed by atoms with E-state index < -0.39 is 6.10 Å². The third kappa shape index (κ3) is 7.25. The summed E-state index contributed by atoms with van der Waals surface area (Å²) in [7, 11) is 0. The summed E-state index contributed by atoms with van der Waals surface area (Å²) in [4.78, 5) is 11.8. The van der Waals surface area contributed by atoms with Crippen LogP contribution in [0.5, 0.6) is 0 Å². The molecule has 1 N–H and O–H groups in total. The fourth-order valence-corrected chi connectivity index (χ4v) is 2.01. The van der Waals surface area contributed by atoms with E-state index in [4.69, 9.17) is 9.47 Å². The summed E-state index contributed by atoms with van der Waals surface area (Å²) >= 11 is 0. The molecule has 0 aliphatic carbocycles. The highest BCUT2D eigenvalue weighted by Gasteiger charge is 2.13. The van der Waals surface area contributed by atoms with Crippen molar-refractivity contribution >= 4 is 5.91 Å². The molecular formula is C17H27NO3. The Labute approximate surface area is 127 Å². The molecule has 4 heteroatoms. The van der Waals surface area contributed by atoms with Crippen molar-refractivity contribution < 1.29 is 14.3 Å². The Kier molecular flexibility index (Phi) is 8.71. The second-order valence-electron chi connectivity index (χ2n) is 5.10. The average Bonchev–Trinajstić information content (AvgIpc) is 2.52. The van der Waals surface area contributed by atoms with Crippen molar-refractivity contribution in [3.8, 4) is 0 Å². The number of amides is 1. The van der Waals surface area contributed by atoms with Gasteiger partial charge in [0.2, 0.25) is 5.91 Å². The molecular weight excluding hydrogens is 266 g/mol. The lowest BCUT2D eigenvalue weighted by molar-refractivity contribution is -0.132. The molecule has 2 atom stereocenters. The van der Waals surface area contributed by atoms with Crippen molar-refractivity contribution in [1.29, 1.82) is 0 Å². The van der Waals surface area contributed by atoms with E-state index >= 15 is 0 Å². The first kappa shape index (κ1) is 17.7. The van der Waals surface area contributed by atoms with Gasteiger partial charge in [-0.1, -0.05) is 37.3 Å². The third-order valence-corrected chi connectivity index (χ3v) is 3.41. The van der Waals surface area contributed by atoms with Gasteiger partial charge in [-0.05, 0) is 31.7 Å². The number of nitrogens with one attached hydrogen (secondary N) is 1. The Hall–Kier alpha value is -1.39. The average molecular weight is 293 g/mol. The highest BCUT2D eigenvalue weighted by Crippen LogP contribution is 2.17. The third-order valence-electron chi connectivity index (χ3n) is 3.41. The summed E-state index contributed by atoms with van der Waals surface area (Å²) in [5.41, 5.74) is 1.30. The predicted octanol–water partition coefficient (Wildman–Crippen LogP) is 2.74. The summed E-state index contributed by atoms with van der Waals surface area (Å²) in [6.07, 6.45) is 0.485. The molecule has 0 heterocycles. The van der Waals surface area contributed by atoms with E-state index in [2.05, 4.69) is 24.4 Å². The quantitative estimate of drug-likeness (QED) is 0.675. The molecule has 0 radical (unpaired) electrons. The maximum absolute atomic E-state index is 11.8. The summed E-state index contributed by atoms with van der Waals surface area (Å²) in [5, 5.41) is 2.92. The van der Waals surface area contributed by atoms with Crippen molar-refractivity contribution in [3.05, 3.63) is 35.9 Å². The van der Waals surface area contributed by atoms with Gasteiger partial charge < -0.3 is 14.8 Å². The maximum Gasteiger partial charge on any atom is 0.248 e. The van der Waals surface area contributed by atoms with Crippen molar-refractivity contribution in [3.63, 3.8) is 0 Å². The summed E-state index contributed by atoms with van der Waals surface area (Å²) < 4.78 is 10.6. The number of carbonyl (C=O) groups is 1. The molecule has 0 saturated heterocycles. The lowest BCUT2D eigenvalue weighted by Crippen LogP contribution is -2.36. The monoisotopic (exact) mass is 293 g/mol. The van der Waals surface area contributed by atoms with Crippen LogP contribution >= 0.6 is 0 Å². The van der Waals surface area contributed by atoms with Crippen LogP contribution in [-0.4, -0.2) is 38.4 Å². The van der Waals surface area contributed by atoms with Crippen LogP contribution in [-0.2, 0) is 14.3 Å². The Balaban J connectivity index is 2.17.